The van der Waals surface area contributed by atoms with Crippen LogP contribution < -0.4 is 10.3 Å². The second kappa shape index (κ2) is 7.68. The summed E-state index contributed by atoms with van der Waals surface area (Å²) in [5, 5.41) is 9.22. The van der Waals surface area contributed by atoms with E-state index in [1.54, 1.807) is 19.1 Å². The number of likely N-dealkylation sites (tertiary alicyclic amines) is 1. The second-order valence-corrected chi connectivity index (χ2v) is 6.84. The van der Waals surface area contributed by atoms with Crippen LogP contribution in [0.2, 0.25) is 0 Å². The number of amides is 2. The van der Waals surface area contributed by atoms with Gasteiger partial charge >= 0.3 is 0 Å². The number of carbonyl (C=O) groups is 2. The molecule has 6 nitrogen and oxygen atoms in total. The van der Waals surface area contributed by atoms with E-state index in [9.17, 15) is 9.59 Å². The number of hydrogen-bond acceptors (Lipinski definition) is 4. The Kier molecular flexibility index (Phi) is 5.36. The number of carbonyl (C=O) groups excluding carboxylic acids is 2. The van der Waals surface area contributed by atoms with Gasteiger partial charge in [0.1, 0.15) is 6.04 Å². The molecule has 0 aromatic heterocycles. The maximum atomic E-state index is 12.4. The van der Waals surface area contributed by atoms with Crippen molar-refractivity contribution in [1.29, 1.82) is 0 Å². The third-order valence-electron chi connectivity index (χ3n) is 4.79. The first-order valence-electron chi connectivity index (χ1n) is 9.06. The average molecular weight is 342 g/mol. The molecule has 3 rings (SSSR count). The summed E-state index contributed by atoms with van der Waals surface area (Å²) in [5.74, 6) is -0.211. The molecule has 6 heteroatoms. The molecule has 1 aromatic rings. The van der Waals surface area contributed by atoms with Crippen molar-refractivity contribution >= 4 is 23.2 Å². The molecular weight excluding hydrogens is 316 g/mol. The summed E-state index contributed by atoms with van der Waals surface area (Å²) in [5.41, 5.74) is 2.65. The van der Waals surface area contributed by atoms with Crippen molar-refractivity contribution in [3.05, 3.63) is 29.8 Å². The van der Waals surface area contributed by atoms with Gasteiger partial charge in [-0.2, -0.15) is 5.10 Å². The summed E-state index contributed by atoms with van der Waals surface area (Å²) in [6.45, 7) is 6.24. The fourth-order valence-corrected chi connectivity index (χ4v) is 3.28. The van der Waals surface area contributed by atoms with Gasteiger partial charge in [0.05, 0.1) is 5.69 Å². The van der Waals surface area contributed by atoms with Crippen molar-refractivity contribution in [2.45, 2.75) is 45.6 Å². The Balaban J connectivity index is 1.58. The van der Waals surface area contributed by atoms with Crippen LogP contribution in [0.4, 0.5) is 5.69 Å². The summed E-state index contributed by atoms with van der Waals surface area (Å²) in [6, 6.07) is 6.86. The highest BCUT2D eigenvalue weighted by Crippen LogP contribution is 2.20. The molecular formula is C19H26N4O2. The standard InChI is InChI=1S/C19H26N4O2/c1-14-10-13-23(21-14)17-8-6-16(7-9-17)18(24)20-15(2)19(25)22-11-4-3-5-12-22/h6-9,15H,3-5,10-13H2,1-2H3,(H,20,24)/t15-/m1/s1. The van der Waals surface area contributed by atoms with Gasteiger partial charge in [-0.25, -0.2) is 0 Å². The van der Waals surface area contributed by atoms with Crippen LogP contribution in [-0.4, -0.2) is 48.1 Å². The summed E-state index contributed by atoms with van der Waals surface area (Å²) < 4.78 is 0. The first-order valence-corrected chi connectivity index (χ1v) is 9.06. The maximum Gasteiger partial charge on any atom is 0.251 e. The minimum atomic E-state index is -0.504. The maximum absolute atomic E-state index is 12.4. The number of anilines is 1. The number of benzene rings is 1. The molecule has 0 spiro atoms. The Morgan fingerprint density at radius 1 is 1.08 bits per heavy atom. The zero-order chi connectivity index (χ0) is 17.8. The molecule has 1 fully saturated rings. The molecule has 2 heterocycles. The lowest BCUT2D eigenvalue weighted by Gasteiger charge is -2.29. The van der Waals surface area contributed by atoms with Crippen LogP contribution in [0, 0.1) is 0 Å². The Labute approximate surface area is 148 Å². The molecule has 1 saturated heterocycles. The highest BCUT2D eigenvalue weighted by Gasteiger charge is 2.23. The van der Waals surface area contributed by atoms with Gasteiger partial charge < -0.3 is 10.2 Å². The van der Waals surface area contributed by atoms with Crippen molar-refractivity contribution in [3.63, 3.8) is 0 Å². The van der Waals surface area contributed by atoms with E-state index in [-0.39, 0.29) is 11.8 Å². The normalized spacial score (nSPS) is 18.7. The molecule has 25 heavy (non-hydrogen) atoms. The summed E-state index contributed by atoms with van der Waals surface area (Å²) in [7, 11) is 0. The van der Waals surface area contributed by atoms with Gasteiger partial charge in [0, 0.05) is 37.3 Å². The Morgan fingerprint density at radius 2 is 1.76 bits per heavy atom. The Hall–Kier alpha value is -2.37. The highest BCUT2D eigenvalue weighted by molar-refractivity contribution is 5.97. The monoisotopic (exact) mass is 342 g/mol. The molecule has 0 saturated carbocycles. The summed E-state index contributed by atoms with van der Waals surface area (Å²) in [4.78, 5) is 26.7. The zero-order valence-corrected chi connectivity index (χ0v) is 15.0. The van der Waals surface area contributed by atoms with Crippen LogP contribution >= 0.6 is 0 Å². The predicted molar refractivity (Wildman–Crippen MR) is 98.9 cm³/mol. The summed E-state index contributed by atoms with van der Waals surface area (Å²) in [6.07, 6.45) is 4.24. The quantitative estimate of drug-likeness (QED) is 0.914. The molecule has 0 unspecified atom stereocenters. The van der Waals surface area contributed by atoms with Crippen LogP contribution in [0.3, 0.4) is 0 Å². The number of piperidine rings is 1. The smallest absolute Gasteiger partial charge is 0.251 e. The molecule has 2 aliphatic heterocycles. The molecule has 1 aromatic carbocycles. The largest absolute Gasteiger partial charge is 0.341 e. The van der Waals surface area contributed by atoms with Crippen molar-refractivity contribution in [3.8, 4) is 0 Å². The minimum absolute atomic E-state index is 0.00606. The molecule has 0 radical (unpaired) electrons. The van der Waals surface area contributed by atoms with Crippen molar-refractivity contribution < 1.29 is 9.59 Å². The lowest BCUT2D eigenvalue weighted by molar-refractivity contribution is -0.133. The predicted octanol–water partition coefficient (Wildman–Crippen LogP) is 2.40. The number of rotatable bonds is 4. The van der Waals surface area contributed by atoms with Crippen LogP contribution in [-0.2, 0) is 4.79 Å². The second-order valence-electron chi connectivity index (χ2n) is 6.84. The van der Waals surface area contributed by atoms with E-state index >= 15 is 0 Å². The lowest BCUT2D eigenvalue weighted by atomic mass is 10.1. The highest BCUT2D eigenvalue weighted by atomic mass is 16.2. The van der Waals surface area contributed by atoms with Gasteiger partial charge in [0.2, 0.25) is 5.91 Å². The van der Waals surface area contributed by atoms with E-state index < -0.39 is 6.04 Å². The number of hydrogen-bond donors (Lipinski definition) is 1. The van der Waals surface area contributed by atoms with Crippen molar-refractivity contribution in [1.82, 2.24) is 10.2 Å². The lowest BCUT2D eigenvalue weighted by Crippen LogP contribution is -2.48. The van der Waals surface area contributed by atoms with Gasteiger partial charge in [0.25, 0.3) is 5.91 Å². The van der Waals surface area contributed by atoms with E-state index in [0.717, 1.165) is 50.3 Å². The van der Waals surface area contributed by atoms with Gasteiger partial charge in [-0.15, -0.1) is 0 Å². The van der Waals surface area contributed by atoms with E-state index in [1.807, 2.05) is 29.0 Å². The van der Waals surface area contributed by atoms with E-state index in [1.165, 1.54) is 6.42 Å². The third-order valence-corrected chi connectivity index (χ3v) is 4.79. The fourth-order valence-electron chi connectivity index (χ4n) is 3.28. The van der Waals surface area contributed by atoms with Crippen LogP contribution in [0.15, 0.2) is 29.4 Å². The van der Waals surface area contributed by atoms with Gasteiger partial charge in [-0.3, -0.25) is 14.6 Å². The third kappa shape index (κ3) is 4.18. The van der Waals surface area contributed by atoms with Crippen LogP contribution in [0.5, 0.6) is 0 Å². The molecule has 0 aliphatic carbocycles. The first kappa shape index (κ1) is 17.5. The molecule has 1 N–H and O–H groups in total. The molecule has 1 atom stereocenters. The molecule has 2 aliphatic rings. The van der Waals surface area contributed by atoms with E-state index in [4.69, 9.17) is 0 Å². The SMILES string of the molecule is CC1=NN(c2ccc(C(=O)N[C@H](C)C(=O)N3CCCCC3)cc2)CC1. The first-order chi connectivity index (χ1) is 12.0. The van der Waals surface area contributed by atoms with Crippen LogP contribution in [0.25, 0.3) is 0 Å². The zero-order valence-electron chi connectivity index (χ0n) is 15.0. The Morgan fingerprint density at radius 3 is 2.36 bits per heavy atom. The van der Waals surface area contributed by atoms with Gasteiger partial charge in [0.15, 0.2) is 0 Å². The Bertz CT molecular complexity index is 663. The number of nitrogens with zero attached hydrogens (tertiary/aromatic N) is 3. The van der Waals surface area contributed by atoms with Crippen molar-refractivity contribution in [2.24, 2.45) is 5.10 Å². The van der Waals surface area contributed by atoms with Gasteiger partial charge in [-0.05, 0) is 57.4 Å². The number of hydrazone groups is 1. The van der Waals surface area contributed by atoms with Crippen molar-refractivity contribution in [2.75, 3.05) is 24.6 Å². The topological polar surface area (TPSA) is 65.0 Å². The van der Waals surface area contributed by atoms with E-state index in [2.05, 4.69) is 10.4 Å². The molecule has 2 amide bonds. The molecule has 134 valence electrons. The van der Waals surface area contributed by atoms with Crippen LogP contribution in [0.1, 0.15) is 49.9 Å². The summed E-state index contributed by atoms with van der Waals surface area (Å²) >= 11 is 0. The minimum Gasteiger partial charge on any atom is -0.341 e. The number of nitrogens with one attached hydrogen (secondary N) is 1. The van der Waals surface area contributed by atoms with Gasteiger partial charge in [-0.1, -0.05) is 0 Å². The molecule has 0 bridgehead atoms. The fraction of sp³-hybridized carbons (Fsp3) is 0.526. The van der Waals surface area contributed by atoms with E-state index in [0.29, 0.717) is 5.56 Å². The average Bonchev–Trinajstić information content (AvgIpc) is 3.08.